The Kier molecular flexibility index (Phi) is 6.25. The predicted octanol–water partition coefficient (Wildman–Crippen LogP) is 5.37. The van der Waals surface area contributed by atoms with Crippen LogP contribution in [0.3, 0.4) is 0 Å². The fourth-order valence-electron chi connectivity index (χ4n) is 4.24. The quantitative estimate of drug-likeness (QED) is 0.392. The third-order valence-corrected chi connectivity index (χ3v) is 5.84. The molecule has 0 N–H and O–H groups in total. The van der Waals surface area contributed by atoms with Crippen LogP contribution in [-0.4, -0.2) is 32.3 Å². The molecule has 1 atom stereocenters. The third-order valence-electron chi connectivity index (χ3n) is 5.84. The van der Waals surface area contributed by atoms with Crippen LogP contribution in [0.2, 0.25) is 0 Å². The number of pyridine rings is 1. The normalized spacial score (nSPS) is 15.3. The van der Waals surface area contributed by atoms with E-state index in [-0.39, 0.29) is 23.8 Å². The minimum absolute atomic E-state index is 0.0803. The van der Waals surface area contributed by atoms with Crippen LogP contribution in [0.5, 0.6) is 11.8 Å². The van der Waals surface area contributed by atoms with E-state index in [0.717, 1.165) is 24.2 Å². The Labute approximate surface area is 197 Å². The molecule has 1 amide bonds. The molecule has 5 rings (SSSR count). The molecule has 1 fully saturated rings. The average molecular weight is 455 g/mol. The van der Waals surface area contributed by atoms with Gasteiger partial charge in [-0.2, -0.15) is 0 Å². The molecule has 4 aromatic rings. The second kappa shape index (κ2) is 9.79. The van der Waals surface area contributed by atoms with E-state index in [4.69, 9.17) is 9.72 Å². The topological polar surface area (TPSA) is 68.2 Å². The highest BCUT2D eigenvalue weighted by Gasteiger charge is 2.31. The van der Waals surface area contributed by atoms with E-state index in [1.165, 1.54) is 6.07 Å². The molecule has 3 heterocycles. The van der Waals surface area contributed by atoms with Gasteiger partial charge in [0.15, 0.2) is 0 Å². The van der Waals surface area contributed by atoms with Gasteiger partial charge in [-0.05, 0) is 60.9 Å². The summed E-state index contributed by atoms with van der Waals surface area (Å²) in [6.45, 7) is 0.648. The molecule has 7 heteroatoms. The van der Waals surface area contributed by atoms with Crippen molar-refractivity contribution in [1.82, 2.24) is 19.9 Å². The maximum Gasteiger partial charge on any atom is 0.321 e. The lowest BCUT2D eigenvalue weighted by molar-refractivity contribution is 0.0732. The van der Waals surface area contributed by atoms with Crippen LogP contribution in [0.25, 0.3) is 0 Å². The van der Waals surface area contributed by atoms with Crippen LogP contribution in [-0.2, 0) is 6.42 Å². The van der Waals surface area contributed by atoms with Gasteiger partial charge in [0.05, 0.1) is 11.7 Å². The van der Waals surface area contributed by atoms with E-state index in [1.54, 1.807) is 54.9 Å². The maximum atomic E-state index is 14.1. The Bertz CT molecular complexity index is 1300. The van der Waals surface area contributed by atoms with Gasteiger partial charge in [-0.1, -0.05) is 30.3 Å². The maximum absolute atomic E-state index is 14.1. The van der Waals surface area contributed by atoms with E-state index in [1.807, 2.05) is 29.2 Å². The number of aromatic nitrogens is 3. The van der Waals surface area contributed by atoms with Gasteiger partial charge in [0, 0.05) is 36.6 Å². The van der Waals surface area contributed by atoms with Crippen LogP contribution in [0.1, 0.15) is 46.2 Å². The molecule has 0 radical (unpaired) electrons. The zero-order valence-electron chi connectivity index (χ0n) is 18.5. The molecule has 1 aliphatic rings. The van der Waals surface area contributed by atoms with Gasteiger partial charge in [-0.3, -0.25) is 9.78 Å². The molecular formula is C27H23FN4O2. The zero-order chi connectivity index (χ0) is 23.3. The lowest BCUT2D eigenvalue weighted by Crippen LogP contribution is -2.31. The first-order valence-electron chi connectivity index (χ1n) is 11.2. The van der Waals surface area contributed by atoms with Crippen molar-refractivity contribution in [2.75, 3.05) is 6.54 Å². The summed E-state index contributed by atoms with van der Waals surface area (Å²) in [7, 11) is 0. The van der Waals surface area contributed by atoms with Crippen molar-refractivity contribution in [2.45, 2.75) is 25.3 Å². The molecule has 1 saturated heterocycles. The van der Waals surface area contributed by atoms with Gasteiger partial charge >= 0.3 is 6.01 Å². The van der Waals surface area contributed by atoms with Crippen LogP contribution in [0, 0.1) is 5.82 Å². The van der Waals surface area contributed by atoms with E-state index >= 15 is 0 Å². The average Bonchev–Trinajstić information content (AvgIpc) is 3.36. The summed E-state index contributed by atoms with van der Waals surface area (Å²) in [5.74, 6) is 0.177. The Morgan fingerprint density at radius 2 is 1.82 bits per heavy atom. The molecule has 0 aliphatic carbocycles. The van der Waals surface area contributed by atoms with Gasteiger partial charge in [-0.25, -0.2) is 14.4 Å². The predicted molar refractivity (Wildman–Crippen MR) is 125 cm³/mol. The van der Waals surface area contributed by atoms with Gasteiger partial charge in [0.2, 0.25) is 0 Å². The van der Waals surface area contributed by atoms with E-state index in [0.29, 0.717) is 29.8 Å². The summed E-state index contributed by atoms with van der Waals surface area (Å²) in [4.78, 5) is 28.2. The number of benzene rings is 2. The number of nitrogens with zero attached hydrogens (tertiary/aromatic N) is 4. The second-order valence-electron chi connectivity index (χ2n) is 8.14. The minimum atomic E-state index is -0.240. The Morgan fingerprint density at radius 3 is 2.68 bits per heavy atom. The summed E-state index contributed by atoms with van der Waals surface area (Å²) >= 11 is 0. The second-order valence-corrected chi connectivity index (χ2v) is 8.14. The van der Waals surface area contributed by atoms with Gasteiger partial charge in [0.25, 0.3) is 5.91 Å². The standard InChI is InChI=1S/C27H23FN4O2/c28-23-11-2-1-7-19(23)17-21-9-4-12-24(31-21)25-13-5-16-32(25)26(33)20-8-3-10-22(18-20)34-27-29-14-6-15-30-27/h1-4,6-12,14-15,18,25H,5,13,16-17H2. The highest BCUT2D eigenvalue weighted by atomic mass is 19.1. The molecule has 2 aromatic heterocycles. The van der Waals surface area contributed by atoms with Crippen LogP contribution in [0.15, 0.2) is 85.2 Å². The van der Waals surface area contributed by atoms with Crippen molar-refractivity contribution in [3.63, 3.8) is 0 Å². The molecule has 1 aliphatic heterocycles. The number of likely N-dealkylation sites (tertiary alicyclic amines) is 1. The summed E-state index contributed by atoms with van der Waals surface area (Å²) in [6.07, 6.45) is 5.32. The molecule has 34 heavy (non-hydrogen) atoms. The molecule has 1 unspecified atom stereocenters. The smallest absolute Gasteiger partial charge is 0.321 e. The first kappa shape index (κ1) is 21.7. The van der Waals surface area contributed by atoms with Gasteiger partial charge in [0.1, 0.15) is 11.6 Å². The number of hydrogen-bond donors (Lipinski definition) is 0. The minimum Gasteiger partial charge on any atom is -0.424 e. The number of carbonyl (C=O) groups excluding carboxylic acids is 1. The Hall–Kier alpha value is -4.13. The number of amides is 1. The lowest BCUT2D eigenvalue weighted by atomic mass is 10.1. The molecular weight excluding hydrogens is 431 g/mol. The molecule has 0 saturated carbocycles. The fraction of sp³-hybridized carbons (Fsp3) is 0.185. The van der Waals surface area contributed by atoms with Crippen molar-refractivity contribution < 1.29 is 13.9 Å². The number of halogens is 1. The third kappa shape index (κ3) is 4.78. The molecule has 170 valence electrons. The largest absolute Gasteiger partial charge is 0.424 e. The lowest BCUT2D eigenvalue weighted by Gasteiger charge is -2.25. The van der Waals surface area contributed by atoms with Crippen molar-refractivity contribution in [1.29, 1.82) is 0 Å². The van der Waals surface area contributed by atoms with Gasteiger partial charge in [-0.15, -0.1) is 0 Å². The molecule has 0 bridgehead atoms. The molecule has 6 nitrogen and oxygen atoms in total. The Morgan fingerprint density at radius 1 is 1.00 bits per heavy atom. The number of hydrogen-bond acceptors (Lipinski definition) is 5. The molecule has 2 aromatic carbocycles. The summed E-state index contributed by atoms with van der Waals surface area (Å²) in [5, 5.41) is 0. The SMILES string of the molecule is O=C(c1cccc(Oc2ncccn2)c1)N1CCCC1c1cccc(Cc2ccccc2F)n1. The van der Waals surface area contributed by atoms with Crippen LogP contribution >= 0.6 is 0 Å². The summed E-state index contributed by atoms with van der Waals surface area (Å²) in [5.41, 5.74) is 2.73. The summed E-state index contributed by atoms with van der Waals surface area (Å²) in [6, 6.07) is 21.3. The first-order valence-corrected chi connectivity index (χ1v) is 11.2. The molecule has 0 spiro atoms. The van der Waals surface area contributed by atoms with E-state index in [2.05, 4.69) is 9.97 Å². The van der Waals surface area contributed by atoms with Crippen molar-refractivity contribution >= 4 is 5.91 Å². The highest BCUT2D eigenvalue weighted by Crippen LogP contribution is 2.33. The number of carbonyl (C=O) groups is 1. The monoisotopic (exact) mass is 454 g/mol. The highest BCUT2D eigenvalue weighted by molar-refractivity contribution is 5.95. The van der Waals surface area contributed by atoms with Crippen LogP contribution < -0.4 is 4.74 Å². The summed E-state index contributed by atoms with van der Waals surface area (Å²) < 4.78 is 19.8. The van der Waals surface area contributed by atoms with Crippen molar-refractivity contribution in [3.8, 4) is 11.8 Å². The van der Waals surface area contributed by atoms with Crippen molar-refractivity contribution in [3.05, 3.63) is 114 Å². The Balaban J connectivity index is 1.35. The number of rotatable bonds is 6. The van der Waals surface area contributed by atoms with Crippen molar-refractivity contribution in [2.24, 2.45) is 0 Å². The van der Waals surface area contributed by atoms with E-state index in [9.17, 15) is 9.18 Å². The van der Waals surface area contributed by atoms with Crippen LogP contribution in [0.4, 0.5) is 4.39 Å². The van der Waals surface area contributed by atoms with E-state index < -0.39 is 0 Å². The first-order chi connectivity index (χ1) is 16.7. The zero-order valence-corrected chi connectivity index (χ0v) is 18.5. The van der Waals surface area contributed by atoms with Gasteiger partial charge < -0.3 is 9.64 Å². The fourth-order valence-corrected chi connectivity index (χ4v) is 4.24. The number of ether oxygens (including phenoxy) is 1.